The van der Waals surface area contributed by atoms with Gasteiger partial charge in [0.1, 0.15) is 17.9 Å². The summed E-state index contributed by atoms with van der Waals surface area (Å²) in [6.07, 6.45) is 0.699. The molecule has 3 aromatic rings. The second-order valence-electron chi connectivity index (χ2n) is 4.24. The first kappa shape index (κ1) is 11.5. The predicted molar refractivity (Wildman–Crippen MR) is 72.4 cm³/mol. The summed E-state index contributed by atoms with van der Waals surface area (Å²) in [5, 5.41) is 0.868. The second-order valence-corrected chi connectivity index (χ2v) is 4.24. The molecule has 0 aliphatic heterocycles. The Morgan fingerprint density at radius 3 is 2.68 bits per heavy atom. The number of furan rings is 1. The zero-order chi connectivity index (χ0) is 13.1. The first-order valence-electron chi connectivity index (χ1n) is 6.01. The zero-order valence-corrected chi connectivity index (χ0v) is 10.2. The third-order valence-corrected chi connectivity index (χ3v) is 2.87. The van der Waals surface area contributed by atoms with E-state index in [4.69, 9.17) is 9.15 Å². The molecule has 0 saturated heterocycles. The van der Waals surface area contributed by atoms with Crippen molar-refractivity contribution in [1.82, 2.24) is 0 Å². The van der Waals surface area contributed by atoms with E-state index >= 15 is 0 Å². The van der Waals surface area contributed by atoms with E-state index in [1.54, 1.807) is 6.07 Å². The van der Waals surface area contributed by atoms with Gasteiger partial charge in [-0.2, -0.15) is 0 Å². The smallest absolute Gasteiger partial charge is 0.185 e. The Kier molecular flexibility index (Phi) is 3.02. The van der Waals surface area contributed by atoms with E-state index in [2.05, 4.69) is 0 Å². The molecule has 3 heteroatoms. The molecule has 2 aromatic carbocycles. The van der Waals surface area contributed by atoms with Crippen LogP contribution in [0.4, 0.5) is 0 Å². The molecule has 1 heterocycles. The molecule has 0 N–H and O–H groups in total. The normalized spacial score (nSPS) is 10.5. The number of ether oxygens (including phenoxy) is 1. The topological polar surface area (TPSA) is 39.4 Å². The van der Waals surface area contributed by atoms with E-state index in [-0.39, 0.29) is 0 Å². The van der Waals surface area contributed by atoms with E-state index < -0.39 is 0 Å². The lowest BCUT2D eigenvalue weighted by Gasteiger charge is -2.05. The fourth-order valence-corrected chi connectivity index (χ4v) is 1.93. The Labute approximate surface area is 110 Å². The molecule has 0 spiro atoms. The molecule has 19 heavy (non-hydrogen) atoms. The van der Waals surface area contributed by atoms with E-state index in [1.165, 1.54) is 0 Å². The first-order valence-corrected chi connectivity index (χ1v) is 6.01. The van der Waals surface area contributed by atoms with Gasteiger partial charge in [0.25, 0.3) is 0 Å². The fraction of sp³-hybridized carbons (Fsp3) is 0.0625. The van der Waals surface area contributed by atoms with Gasteiger partial charge in [-0.3, -0.25) is 4.79 Å². The third kappa shape index (κ3) is 2.50. The minimum absolute atomic E-state index is 0.329. The molecule has 0 aliphatic carbocycles. The summed E-state index contributed by atoms with van der Waals surface area (Å²) in [4.78, 5) is 10.6. The quantitative estimate of drug-likeness (QED) is 0.662. The maximum atomic E-state index is 10.6. The molecule has 3 nitrogen and oxygen atoms in total. The number of carbonyl (C=O) groups excluding carboxylic acids is 1. The van der Waals surface area contributed by atoms with Crippen LogP contribution in [-0.2, 0) is 6.61 Å². The van der Waals surface area contributed by atoms with Crippen LogP contribution in [0.15, 0.2) is 59.0 Å². The van der Waals surface area contributed by atoms with Gasteiger partial charge in [-0.05, 0) is 29.8 Å². The van der Waals surface area contributed by atoms with Crippen LogP contribution in [0.1, 0.15) is 16.1 Å². The van der Waals surface area contributed by atoms with E-state index in [0.29, 0.717) is 24.2 Å². The first-order chi connectivity index (χ1) is 9.35. The molecular weight excluding hydrogens is 240 g/mol. The lowest BCUT2D eigenvalue weighted by Crippen LogP contribution is -1.94. The summed E-state index contributed by atoms with van der Waals surface area (Å²) >= 11 is 0. The Morgan fingerprint density at radius 2 is 1.89 bits per heavy atom. The minimum Gasteiger partial charge on any atom is -0.489 e. The number of aldehydes is 1. The van der Waals surface area contributed by atoms with Crippen LogP contribution in [0.2, 0.25) is 0 Å². The van der Waals surface area contributed by atoms with Gasteiger partial charge in [-0.15, -0.1) is 0 Å². The Bertz CT molecular complexity index is 698. The van der Waals surface area contributed by atoms with Gasteiger partial charge in [0.05, 0.1) is 0 Å². The number of hydrogen-bond acceptors (Lipinski definition) is 3. The van der Waals surface area contributed by atoms with E-state index in [0.717, 1.165) is 16.7 Å². The summed E-state index contributed by atoms with van der Waals surface area (Å²) in [5.41, 5.74) is 1.80. The molecule has 0 fully saturated rings. The molecular formula is C16H12O3. The van der Waals surface area contributed by atoms with Gasteiger partial charge in [-0.25, -0.2) is 0 Å². The van der Waals surface area contributed by atoms with Crippen molar-refractivity contribution in [3.8, 4) is 5.75 Å². The lowest BCUT2D eigenvalue weighted by molar-refractivity contribution is 0.110. The van der Waals surface area contributed by atoms with Crippen LogP contribution in [0, 0.1) is 0 Å². The van der Waals surface area contributed by atoms with E-state index in [9.17, 15) is 4.79 Å². The summed E-state index contributed by atoms with van der Waals surface area (Å²) in [5.74, 6) is 1.09. The van der Waals surface area contributed by atoms with Crippen molar-refractivity contribution >= 4 is 17.3 Å². The molecule has 0 bridgehead atoms. The Balaban J connectivity index is 1.79. The van der Waals surface area contributed by atoms with Crippen LogP contribution in [0.3, 0.4) is 0 Å². The highest BCUT2D eigenvalue weighted by Crippen LogP contribution is 2.24. The fourth-order valence-electron chi connectivity index (χ4n) is 1.93. The van der Waals surface area contributed by atoms with Gasteiger partial charge >= 0.3 is 0 Å². The summed E-state index contributed by atoms with van der Waals surface area (Å²) in [7, 11) is 0. The molecule has 0 radical (unpaired) electrons. The van der Waals surface area contributed by atoms with Crippen molar-refractivity contribution in [2.75, 3.05) is 0 Å². The van der Waals surface area contributed by atoms with Crippen molar-refractivity contribution < 1.29 is 13.9 Å². The van der Waals surface area contributed by atoms with Crippen molar-refractivity contribution in [3.05, 3.63) is 65.9 Å². The highest BCUT2D eigenvalue weighted by Gasteiger charge is 2.04. The minimum atomic E-state index is 0.329. The number of benzene rings is 2. The Morgan fingerprint density at radius 1 is 1.05 bits per heavy atom. The second kappa shape index (κ2) is 4.98. The highest BCUT2D eigenvalue weighted by molar-refractivity contribution is 5.85. The largest absolute Gasteiger partial charge is 0.489 e. The average Bonchev–Trinajstić information content (AvgIpc) is 2.88. The molecule has 0 atom stereocenters. The summed E-state index contributed by atoms with van der Waals surface area (Å²) in [6, 6.07) is 17.2. The highest BCUT2D eigenvalue weighted by atomic mass is 16.5. The predicted octanol–water partition coefficient (Wildman–Crippen LogP) is 3.82. The molecule has 0 amide bonds. The molecule has 3 rings (SSSR count). The maximum absolute atomic E-state index is 10.6. The van der Waals surface area contributed by atoms with Crippen molar-refractivity contribution in [3.63, 3.8) is 0 Å². The van der Waals surface area contributed by atoms with Crippen LogP contribution >= 0.6 is 0 Å². The van der Waals surface area contributed by atoms with Crippen LogP contribution in [0.5, 0.6) is 5.75 Å². The van der Waals surface area contributed by atoms with Gasteiger partial charge in [0, 0.05) is 5.39 Å². The van der Waals surface area contributed by atoms with Gasteiger partial charge in [0.15, 0.2) is 12.0 Å². The van der Waals surface area contributed by atoms with Crippen molar-refractivity contribution in [2.24, 2.45) is 0 Å². The molecule has 0 unspecified atom stereocenters. The zero-order valence-electron chi connectivity index (χ0n) is 10.2. The van der Waals surface area contributed by atoms with E-state index in [1.807, 2.05) is 48.5 Å². The summed E-state index contributed by atoms with van der Waals surface area (Å²) in [6.45, 7) is 0.519. The Hall–Kier alpha value is -2.55. The van der Waals surface area contributed by atoms with Crippen LogP contribution in [0.25, 0.3) is 11.0 Å². The lowest BCUT2D eigenvalue weighted by atomic mass is 10.2. The van der Waals surface area contributed by atoms with Crippen LogP contribution < -0.4 is 4.74 Å². The number of carbonyl (C=O) groups is 1. The van der Waals surface area contributed by atoms with Gasteiger partial charge in [0.2, 0.25) is 0 Å². The summed E-state index contributed by atoms with van der Waals surface area (Å²) < 4.78 is 11.0. The van der Waals surface area contributed by atoms with Crippen molar-refractivity contribution in [1.29, 1.82) is 0 Å². The number of fused-ring (bicyclic) bond motifs is 1. The van der Waals surface area contributed by atoms with Crippen LogP contribution in [-0.4, -0.2) is 6.29 Å². The molecule has 1 aromatic heterocycles. The third-order valence-electron chi connectivity index (χ3n) is 2.87. The average molecular weight is 252 g/mol. The SMILES string of the molecule is O=Cc1cc2cc(OCc3ccccc3)ccc2o1. The molecule has 94 valence electrons. The molecule has 0 aliphatic rings. The molecule has 0 saturated carbocycles. The monoisotopic (exact) mass is 252 g/mol. The van der Waals surface area contributed by atoms with Crippen molar-refractivity contribution in [2.45, 2.75) is 6.61 Å². The standard InChI is InChI=1S/C16H12O3/c17-10-15-9-13-8-14(6-7-16(13)19-15)18-11-12-4-2-1-3-5-12/h1-10H,11H2. The maximum Gasteiger partial charge on any atom is 0.185 e. The number of rotatable bonds is 4. The van der Waals surface area contributed by atoms with Gasteiger partial charge in [-0.1, -0.05) is 30.3 Å². The van der Waals surface area contributed by atoms with Gasteiger partial charge < -0.3 is 9.15 Å². The number of hydrogen-bond donors (Lipinski definition) is 0.